The molecule has 0 saturated carbocycles. The normalized spacial score (nSPS) is 12.6. The number of alkyl halides is 1. The van der Waals surface area contributed by atoms with E-state index < -0.39 is 0 Å². The third-order valence-electron chi connectivity index (χ3n) is 2.11. The van der Waals surface area contributed by atoms with Crippen molar-refractivity contribution in [2.45, 2.75) is 30.0 Å². The number of hydrogen-bond donors (Lipinski definition) is 1. The van der Waals surface area contributed by atoms with Gasteiger partial charge in [-0.3, -0.25) is 4.79 Å². The number of thiol groups is 1. The van der Waals surface area contributed by atoms with E-state index in [4.69, 9.17) is 0 Å². The highest BCUT2D eigenvalue weighted by atomic mass is 79.9. The van der Waals surface area contributed by atoms with E-state index in [-0.39, 0.29) is 10.6 Å². The first-order chi connectivity index (χ1) is 6.56. The molecule has 0 heterocycles. The van der Waals surface area contributed by atoms with Gasteiger partial charge in [-0.05, 0) is 31.0 Å². The maximum atomic E-state index is 11.7. The molecule has 0 amide bonds. The third kappa shape index (κ3) is 2.61. The van der Waals surface area contributed by atoms with Gasteiger partial charge in [0.25, 0.3) is 0 Å². The molecular formula is C11H13BrOS. The van der Waals surface area contributed by atoms with E-state index in [1.54, 1.807) is 0 Å². The van der Waals surface area contributed by atoms with Crippen molar-refractivity contribution in [2.75, 3.05) is 0 Å². The van der Waals surface area contributed by atoms with Crippen LogP contribution in [0.1, 0.15) is 29.8 Å². The number of Topliss-reactive ketones (excluding diaryl/α,β-unsaturated/α-hetero) is 1. The zero-order chi connectivity index (χ0) is 10.7. The van der Waals surface area contributed by atoms with E-state index >= 15 is 0 Å². The summed E-state index contributed by atoms with van der Waals surface area (Å²) in [6, 6.07) is 5.62. The minimum atomic E-state index is -0.127. The van der Waals surface area contributed by atoms with Crippen LogP contribution < -0.4 is 0 Å². The molecule has 1 unspecified atom stereocenters. The van der Waals surface area contributed by atoms with Gasteiger partial charge in [0.05, 0.1) is 4.83 Å². The second-order valence-electron chi connectivity index (χ2n) is 3.18. The lowest BCUT2D eigenvalue weighted by atomic mass is 10.0. The fourth-order valence-corrected chi connectivity index (χ4v) is 1.81. The number of rotatable bonds is 3. The van der Waals surface area contributed by atoms with Crippen molar-refractivity contribution < 1.29 is 4.79 Å². The van der Waals surface area contributed by atoms with E-state index in [0.717, 1.165) is 22.4 Å². The van der Waals surface area contributed by atoms with E-state index in [1.165, 1.54) is 0 Å². The van der Waals surface area contributed by atoms with E-state index in [2.05, 4.69) is 35.5 Å². The average molecular weight is 273 g/mol. The van der Waals surface area contributed by atoms with Gasteiger partial charge in [0.1, 0.15) is 0 Å². The highest BCUT2D eigenvalue weighted by Gasteiger charge is 2.12. The van der Waals surface area contributed by atoms with Gasteiger partial charge in [-0.2, -0.15) is 0 Å². The van der Waals surface area contributed by atoms with Gasteiger partial charge in [-0.1, -0.05) is 28.9 Å². The molecule has 14 heavy (non-hydrogen) atoms. The van der Waals surface area contributed by atoms with Gasteiger partial charge in [0.15, 0.2) is 5.78 Å². The molecule has 0 aliphatic carbocycles. The van der Waals surface area contributed by atoms with Crippen molar-refractivity contribution in [3.8, 4) is 0 Å². The monoisotopic (exact) mass is 272 g/mol. The van der Waals surface area contributed by atoms with Crippen LogP contribution in [0, 0.1) is 0 Å². The van der Waals surface area contributed by atoms with Crippen LogP contribution in [0.5, 0.6) is 0 Å². The smallest absolute Gasteiger partial charge is 0.176 e. The molecule has 0 spiro atoms. The highest BCUT2D eigenvalue weighted by Crippen LogP contribution is 2.18. The maximum Gasteiger partial charge on any atom is 0.176 e. The second kappa shape index (κ2) is 4.99. The zero-order valence-corrected chi connectivity index (χ0v) is 10.7. The van der Waals surface area contributed by atoms with Crippen LogP contribution in [0.25, 0.3) is 0 Å². The molecule has 1 aromatic rings. The molecule has 76 valence electrons. The molecule has 0 aliphatic heterocycles. The van der Waals surface area contributed by atoms with Gasteiger partial charge < -0.3 is 0 Å². The molecule has 0 N–H and O–H groups in total. The Balaban J connectivity index is 3.06. The van der Waals surface area contributed by atoms with Crippen molar-refractivity contribution in [2.24, 2.45) is 0 Å². The number of hydrogen-bond acceptors (Lipinski definition) is 2. The minimum Gasteiger partial charge on any atom is -0.293 e. The SMILES string of the molecule is CCc1cc(C(=O)C(C)Br)ccc1S. The zero-order valence-electron chi connectivity index (χ0n) is 8.25. The fraction of sp³-hybridized carbons (Fsp3) is 0.364. The molecule has 0 radical (unpaired) electrons. The summed E-state index contributed by atoms with van der Waals surface area (Å²) >= 11 is 7.60. The van der Waals surface area contributed by atoms with Crippen molar-refractivity contribution in [3.63, 3.8) is 0 Å². The summed E-state index contributed by atoms with van der Waals surface area (Å²) in [5, 5.41) is 0. The van der Waals surface area contributed by atoms with Crippen LogP contribution in [-0.4, -0.2) is 10.6 Å². The molecule has 0 fully saturated rings. The molecular weight excluding hydrogens is 260 g/mol. The Hall–Kier alpha value is -0.280. The van der Waals surface area contributed by atoms with Crippen molar-refractivity contribution in [3.05, 3.63) is 29.3 Å². The van der Waals surface area contributed by atoms with Crippen LogP contribution >= 0.6 is 28.6 Å². The van der Waals surface area contributed by atoms with Gasteiger partial charge in [-0.25, -0.2) is 0 Å². The first kappa shape index (κ1) is 11.8. The quantitative estimate of drug-likeness (QED) is 0.506. The lowest BCUT2D eigenvalue weighted by Gasteiger charge is -2.06. The number of halogens is 1. The van der Waals surface area contributed by atoms with E-state index in [1.807, 2.05) is 25.1 Å². The Kier molecular flexibility index (Phi) is 4.20. The Morgan fingerprint density at radius 3 is 2.71 bits per heavy atom. The lowest BCUT2D eigenvalue weighted by molar-refractivity contribution is 0.0995. The third-order valence-corrected chi connectivity index (χ3v) is 2.96. The van der Waals surface area contributed by atoms with Gasteiger partial charge in [0.2, 0.25) is 0 Å². The summed E-state index contributed by atoms with van der Waals surface area (Å²) in [6.45, 7) is 3.89. The largest absolute Gasteiger partial charge is 0.293 e. The van der Waals surface area contributed by atoms with Crippen LogP contribution in [0.4, 0.5) is 0 Å². The standard InChI is InChI=1S/C11H13BrOS/c1-3-8-6-9(4-5-10(8)14)11(13)7(2)12/h4-7,14H,3H2,1-2H3. The molecule has 0 saturated heterocycles. The van der Waals surface area contributed by atoms with E-state index in [0.29, 0.717) is 0 Å². The molecule has 1 atom stereocenters. The van der Waals surface area contributed by atoms with Crippen LogP contribution in [0.3, 0.4) is 0 Å². The lowest BCUT2D eigenvalue weighted by Crippen LogP contribution is -2.10. The first-order valence-electron chi connectivity index (χ1n) is 4.56. The Morgan fingerprint density at radius 1 is 1.57 bits per heavy atom. The number of carbonyl (C=O) groups excluding carboxylic acids is 1. The van der Waals surface area contributed by atoms with Crippen LogP contribution in [0.2, 0.25) is 0 Å². The number of benzene rings is 1. The molecule has 0 bridgehead atoms. The summed E-state index contributed by atoms with van der Waals surface area (Å²) in [6.07, 6.45) is 0.899. The van der Waals surface area contributed by atoms with Crippen molar-refractivity contribution in [1.29, 1.82) is 0 Å². The molecule has 1 rings (SSSR count). The van der Waals surface area contributed by atoms with Crippen LogP contribution in [0.15, 0.2) is 23.1 Å². The Bertz CT molecular complexity index is 347. The molecule has 0 aliphatic rings. The fourth-order valence-electron chi connectivity index (χ4n) is 1.25. The first-order valence-corrected chi connectivity index (χ1v) is 5.92. The van der Waals surface area contributed by atoms with Crippen molar-refractivity contribution in [1.82, 2.24) is 0 Å². The van der Waals surface area contributed by atoms with Gasteiger partial charge in [0, 0.05) is 10.5 Å². The molecule has 1 aromatic carbocycles. The number of carbonyl (C=O) groups is 1. The Morgan fingerprint density at radius 2 is 2.21 bits per heavy atom. The predicted molar refractivity (Wildman–Crippen MR) is 65.8 cm³/mol. The van der Waals surface area contributed by atoms with Gasteiger partial charge >= 0.3 is 0 Å². The summed E-state index contributed by atoms with van der Waals surface area (Å²) in [4.78, 5) is 12.5. The van der Waals surface area contributed by atoms with Gasteiger partial charge in [-0.15, -0.1) is 12.6 Å². The Labute approximate surface area is 98.4 Å². The summed E-state index contributed by atoms with van der Waals surface area (Å²) in [5.74, 6) is 0.119. The average Bonchev–Trinajstić information content (AvgIpc) is 2.17. The highest BCUT2D eigenvalue weighted by molar-refractivity contribution is 9.10. The second-order valence-corrected chi connectivity index (χ2v) is 5.03. The topological polar surface area (TPSA) is 17.1 Å². The van der Waals surface area contributed by atoms with Crippen LogP contribution in [-0.2, 0) is 6.42 Å². The minimum absolute atomic E-state index is 0.119. The predicted octanol–water partition coefficient (Wildman–Crippen LogP) is 3.50. The van der Waals surface area contributed by atoms with E-state index in [9.17, 15) is 4.79 Å². The summed E-state index contributed by atoms with van der Waals surface area (Å²) in [7, 11) is 0. The number of aryl methyl sites for hydroxylation is 1. The molecule has 3 heteroatoms. The number of ketones is 1. The molecule has 0 aromatic heterocycles. The maximum absolute atomic E-state index is 11.7. The summed E-state index contributed by atoms with van der Waals surface area (Å²) < 4.78 is 0. The van der Waals surface area contributed by atoms with Crippen molar-refractivity contribution >= 4 is 34.3 Å². The molecule has 1 nitrogen and oxygen atoms in total. The summed E-state index contributed by atoms with van der Waals surface area (Å²) in [5.41, 5.74) is 1.87.